The van der Waals surface area contributed by atoms with E-state index in [0.717, 1.165) is 75.4 Å². The first-order chi connectivity index (χ1) is 46.1. The molecule has 0 radical (unpaired) electrons. The van der Waals surface area contributed by atoms with E-state index >= 15 is 0 Å². The van der Waals surface area contributed by atoms with Gasteiger partial charge in [-0.15, -0.1) is 0 Å². The standard InChI is InChI=1S/C86H68B2N2O2Si2/c1-85(2)49-50-86(3,4)70-56-80-74(55-69(70)85)88-73-57-72-75(58-76(73)90(60-33-15-6-16-34-60)78-52-68(54-82(92-80)84(78)88)94(64-41-23-10-24-42-64,65-43-25-11-26-44-65)66-45-27-12-28-46-66)89(59-31-13-5-14-32-59)77-51-67(53-81-83(77)87(72)71-47-29-30-48-79(71)91-81)93(61-35-17-7-18-36-61,62-37-19-8-20-38-62)63-39-21-9-22-40-63/h5-48,51-58H,49-50H2,1-4H3. The average Bonchev–Trinajstić information content (AvgIpc) is 0.688. The van der Waals surface area contributed by atoms with Crippen LogP contribution in [0, 0.1) is 0 Å². The van der Waals surface area contributed by atoms with Crippen molar-refractivity contribution in [2.45, 2.75) is 51.4 Å². The summed E-state index contributed by atoms with van der Waals surface area (Å²) in [5.41, 5.74) is 16.6. The highest BCUT2D eigenvalue weighted by Crippen LogP contribution is 2.50. The maximum atomic E-state index is 7.85. The summed E-state index contributed by atoms with van der Waals surface area (Å²) < 4.78 is 15.4. The molecule has 448 valence electrons. The van der Waals surface area contributed by atoms with E-state index in [9.17, 15) is 0 Å². The van der Waals surface area contributed by atoms with E-state index in [1.807, 2.05) is 0 Å². The number of para-hydroxylation sites is 3. The molecular formula is C86H68B2N2O2Si2. The molecule has 0 saturated carbocycles. The number of anilines is 6. The molecule has 0 fully saturated rings. The van der Waals surface area contributed by atoms with E-state index in [0.29, 0.717) is 0 Å². The normalized spacial score (nSPS) is 15.0. The summed E-state index contributed by atoms with van der Waals surface area (Å²) in [7, 11) is -6.30. The van der Waals surface area contributed by atoms with Crippen LogP contribution in [0.1, 0.15) is 51.7 Å². The highest BCUT2D eigenvalue weighted by Gasteiger charge is 2.52. The lowest BCUT2D eigenvalue weighted by molar-refractivity contribution is 0.330. The van der Waals surface area contributed by atoms with Crippen LogP contribution in [0.25, 0.3) is 0 Å². The fourth-order valence-corrected chi connectivity index (χ4v) is 26.8. The Morgan fingerprint density at radius 1 is 0.277 bits per heavy atom. The van der Waals surface area contributed by atoms with Gasteiger partial charge in [0.25, 0.3) is 13.4 Å². The Balaban J connectivity index is 0.976. The molecule has 13 aromatic rings. The van der Waals surface area contributed by atoms with Gasteiger partial charge in [0.2, 0.25) is 0 Å². The number of hydrogen-bond donors (Lipinski definition) is 0. The zero-order valence-electron chi connectivity index (χ0n) is 53.3. The Kier molecular flexibility index (Phi) is 13.0. The molecule has 4 nitrogen and oxygen atoms in total. The molecule has 0 bridgehead atoms. The number of rotatable bonds is 10. The van der Waals surface area contributed by atoms with Gasteiger partial charge < -0.3 is 19.3 Å². The van der Waals surface area contributed by atoms with E-state index in [4.69, 9.17) is 9.47 Å². The minimum atomic E-state index is -3.17. The van der Waals surface area contributed by atoms with Crippen LogP contribution in [-0.2, 0) is 10.8 Å². The van der Waals surface area contributed by atoms with Crippen LogP contribution in [0.15, 0.2) is 315 Å². The predicted octanol–water partition coefficient (Wildman–Crippen LogP) is 11.6. The van der Waals surface area contributed by atoms with E-state index in [1.54, 1.807) is 0 Å². The molecule has 18 rings (SSSR count). The molecule has 0 unspecified atom stereocenters. The average molecular weight is 1240 g/mol. The third kappa shape index (κ3) is 8.38. The smallest absolute Gasteiger partial charge is 0.256 e. The van der Waals surface area contributed by atoms with Crippen LogP contribution < -0.4 is 93.5 Å². The predicted molar refractivity (Wildman–Crippen MR) is 401 cm³/mol. The molecule has 1 aliphatic carbocycles. The van der Waals surface area contributed by atoms with Gasteiger partial charge in [-0.25, -0.2) is 0 Å². The SMILES string of the molecule is CC1(C)CCC(C)(C)c2cc3c(cc21)Oc1cc([Si](c2ccccc2)(c2ccccc2)c2ccccc2)cc2c1B3c1cc3c(cc1N2c1ccccc1)N(c1ccccc1)c1cc([Si](c2ccccc2)(c2ccccc2)c2ccccc2)cc2c1B3c1ccccc1O2. The summed E-state index contributed by atoms with van der Waals surface area (Å²) in [5.74, 6) is 3.63. The zero-order chi connectivity index (χ0) is 62.9. The summed E-state index contributed by atoms with van der Waals surface area (Å²) >= 11 is 0. The Morgan fingerprint density at radius 2 is 0.606 bits per heavy atom. The van der Waals surface area contributed by atoms with Crippen molar-refractivity contribution in [2.24, 2.45) is 0 Å². The lowest BCUT2D eigenvalue weighted by Gasteiger charge is -2.46. The lowest BCUT2D eigenvalue weighted by atomic mass is 9.30. The zero-order valence-corrected chi connectivity index (χ0v) is 55.3. The number of ether oxygens (including phenoxy) is 2. The number of hydrogen-bond acceptors (Lipinski definition) is 4. The Hall–Kier alpha value is -10.4. The molecule has 4 aliphatic heterocycles. The third-order valence-corrected chi connectivity index (χ3v) is 31.2. The molecule has 0 amide bonds. The summed E-state index contributed by atoms with van der Waals surface area (Å²) in [5, 5.41) is 10.4. The van der Waals surface area contributed by atoms with Gasteiger partial charge in [-0.1, -0.05) is 276 Å². The molecule has 0 atom stereocenters. The fraction of sp³-hybridized carbons (Fsp3) is 0.0930. The second-order valence-electron chi connectivity index (χ2n) is 27.6. The minimum absolute atomic E-state index is 0.0477. The van der Waals surface area contributed by atoms with E-state index < -0.39 is 16.1 Å². The Bertz CT molecular complexity index is 4910. The maximum Gasteiger partial charge on any atom is 0.256 e. The molecule has 5 aliphatic rings. The largest absolute Gasteiger partial charge is 0.458 e. The van der Waals surface area contributed by atoms with Crippen molar-refractivity contribution in [3.8, 4) is 23.0 Å². The highest BCUT2D eigenvalue weighted by atomic mass is 28.3. The minimum Gasteiger partial charge on any atom is -0.458 e. The Labute approximate surface area is 554 Å². The van der Waals surface area contributed by atoms with Crippen molar-refractivity contribution in [2.75, 3.05) is 9.80 Å². The van der Waals surface area contributed by atoms with Crippen molar-refractivity contribution in [1.82, 2.24) is 0 Å². The van der Waals surface area contributed by atoms with Crippen molar-refractivity contribution in [3.05, 3.63) is 327 Å². The number of fused-ring (bicyclic) bond motifs is 9. The fourth-order valence-electron chi connectivity index (χ4n) is 17.3. The van der Waals surface area contributed by atoms with Crippen LogP contribution in [0.3, 0.4) is 0 Å². The van der Waals surface area contributed by atoms with Gasteiger partial charge in [-0.2, -0.15) is 0 Å². The second-order valence-corrected chi connectivity index (χ2v) is 35.3. The van der Waals surface area contributed by atoms with E-state index in [2.05, 4.69) is 353 Å². The summed E-state index contributed by atoms with van der Waals surface area (Å²) in [4.78, 5) is 5.19. The molecule has 4 heterocycles. The quantitative estimate of drug-likeness (QED) is 0.101. The molecule has 94 heavy (non-hydrogen) atoms. The van der Waals surface area contributed by atoms with Crippen molar-refractivity contribution >= 4 is 138 Å². The van der Waals surface area contributed by atoms with E-state index in [-0.39, 0.29) is 24.3 Å². The van der Waals surface area contributed by atoms with Gasteiger partial charge in [0.1, 0.15) is 23.0 Å². The first-order valence-electron chi connectivity index (χ1n) is 33.3. The summed E-state index contributed by atoms with van der Waals surface area (Å²) in [6.07, 6.45) is 2.21. The summed E-state index contributed by atoms with van der Waals surface area (Å²) in [6.45, 7) is 9.40. The van der Waals surface area contributed by atoms with Gasteiger partial charge in [0.15, 0.2) is 16.1 Å². The van der Waals surface area contributed by atoms with Crippen LogP contribution in [0.5, 0.6) is 23.0 Å². The monoisotopic (exact) mass is 1240 g/mol. The lowest BCUT2D eigenvalue weighted by Crippen LogP contribution is -2.75. The number of benzene rings is 13. The first-order valence-corrected chi connectivity index (χ1v) is 37.3. The van der Waals surface area contributed by atoms with Crippen LogP contribution in [0.4, 0.5) is 34.1 Å². The van der Waals surface area contributed by atoms with Crippen molar-refractivity contribution in [3.63, 3.8) is 0 Å². The Morgan fingerprint density at radius 3 is 1.00 bits per heavy atom. The van der Waals surface area contributed by atoms with Gasteiger partial charge >= 0.3 is 0 Å². The van der Waals surface area contributed by atoms with Crippen LogP contribution >= 0.6 is 0 Å². The molecule has 13 aromatic carbocycles. The highest BCUT2D eigenvalue weighted by molar-refractivity contribution is 7.21. The first kappa shape index (κ1) is 56.4. The van der Waals surface area contributed by atoms with E-state index in [1.165, 1.54) is 79.9 Å². The van der Waals surface area contributed by atoms with Crippen LogP contribution in [-0.4, -0.2) is 29.6 Å². The third-order valence-electron chi connectivity index (χ3n) is 21.7. The van der Waals surface area contributed by atoms with Gasteiger partial charge in [-0.05, 0) is 176 Å². The maximum absolute atomic E-state index is 7.85. The molecule has 0 saturated heterocycles. The molecule has 0 spiro atoms. The van der Waals surface area contributed by atoms with Gasteiger partial charge in [-0.3, -0.25) is 0 Å². The molecule has 0 N–H and O–H groups in total. The van der Waals surface area contributed by atoms with Gasteiger partial charge in [0, 0.05) is 34.1 Å². The topological polar surface area (TPSA) is 24.9 Å². The summed E-state index contributed by atoms with van der Waals surface area (Å²) in [6, 6.07) is 119. The van der Waals surface area contributed by atoms with Gasteiger partial charge in [0.05, 0.1) is 0 Å². The second kappa shape index (κ2) is 21.6. The van der Waals surface area contributed by atoms with Crippen molar-refractivity contribution in [1.29, 1.82) is 0 Å². The molecule has 0 aromatic heterocycles. The number of nitrogens with zero attached hydrogens (tertiary/aromatic N) is 2. The molecule has 8 heteroatoms. The van der Waals surface area contributed by atoms with Crippen LogP contribution in [0.2, 0.25) is 0 Å². The molecular weight excluding hydrogens is 1170 g/mol. The van der Waals surface area contributed by atoms with Crippen molar-refractivity contribution < 1.29 is 9.47 Å².